The first-order valence-corrected chi connectivity index (χ1v) is 9.52. The molecule has 1 atom stereocenters. The predicted molar refractivity (Wildman–Crippen MR) is 105 cm³/mol. The number of para-hydroxylation sites is 1. The molecule has 3 heterocycles. The molecule has 6 rings (SSSR count). The smallest absolute Gasteiger partial charge is 0.243 e. The van der Waals surface area contributed by atoms with Gasteiger partial charge in [0.05, 0.1) is 17.3 Å². The summed E-state index contributed by atoms with van der Waals surface area (Å²) in [6.45, 7) is 1.24. The molecule has 0 bridgehead atoms. The number of amides is 1. The van der Waals surface area contributed by atoms with Gasteiger partial charge in [-0.3, -0.25) is 9.69 Å². The van der Waals surface area contributed by atoms with Gasteiger partial charge in [-0.15, -0.1) is 0 Å². The van der Waals surface area contributed by atoms with E-state index in [-0.39, 0.29) is 12.7 Å². The zero-order valence-electron chi connectivity index (χ0n) is 15.5. The van der Waals surface area contributed by atoms with Crippen molar-refractivity contribution < 1.29 is 23.7 Å². The molecule has 0 saturated carbocycles. The first kappa shape index (κ1) is 16.3. The molecular weight excluding hydrogens is 370 g/mol. The van der Waals surface area contributed by atoms with Gasteiger partial charge < -0.3 is 18.9 Å². The Morgan fingerprint density at radius 1 is 0.759 bits per heavy atom. The third-order valence-corrected chi connectivity index (χ3v) is 5.47. The molecule has 144 valence electrons. The normalized spacial score (nSPS) is 18.7. The van der Waals surface area contributed by atoms with Crippen molar-refractivity contribution in [1.29, 1.82) is 0 Å². The van der Waals surface area contributed by atoms with Gasteiger partial charge in [0.25, 0.3) is 0 Å². The van der Waals surface area contributed by atoms with Crippen molar-refractivity contribution >= 4 is 17.3 Å². The van der Waals surface area contributed by atoms with Gasteiger partial charge >= 0.3 is 0 Å². The molecule has 3 aliphatic heterocycles. The van der Waals surface area contributed by atoms with E-state index in [1.54, 1.807) is 4.90 Å². The number of anilines is 2. The lowest BCUT2D eigenvalue weighted by atomic mass is 9.92. The van der Waals surface area contributed by atoms with E-state index in [1.165, 1.54) is 0 Å². The van der Waals surface area contributed by atoms with Crippen LogP contribution in [0.2, 0.25) is 0 Å². The molecule has 6 heteroatoms. The molecule has 0 aliphatic carbocycles. The van der Waals surface area contributed by atoms with Crippen LogP contribution in [-0.4, -0.2) is 25.9 Å². The Morgan fingerprint density at radius 2 is 1.48 bits per heavy atom. The first-order valence-electron chi connectivity index (χ1n) is 9.52. The molecule has 6 nitrogen and oxygen atoms in total. The standard InChI is InChI=1S/C23H17NO5/c25-23-22(14-5-7-19-20(11-14)29-13-28-19)16-3-1-2-4-17(16)24(23)15-6-8-18-21(12-15)27-10-9-26-18/h1-8,11-12,22H,9-10,13H2. The SMILES string of the molecule is O=C1C(c2ccc3c(c2)OCO3)c2ccccc2N1c1ccc2c(c1)OCCO2. The number of carbonyl (C=O) groups excluding carboxylic acids is 1. The van der Waals surface area contributed by atoms with Crippen LogP contribution in [-0.2, 0) is 4.79 Å². The summed E-state index contributed by atoms with van der Waals surface area (Å²) in [6, 6.07) is 19.2. The lowest BCUT2D eigenvalue weighted by Gasteiger charge is -2.23. The fourth-order valence-corrected chi connectivity index (χ4v) is 4.17. The Balaban J connectivity index is 1.46. The van der Waals surface area contributed by atoms with E-state index in [9.17, 15) is 4.79 Å². The quantitative estimate of drug-likeness (QED) is 0.665. The third kappa shape index (κ3) is 2.45. The summed E-state index contributed by atoms with van der Waals surface area (Å²) in [7, 11) is 0. The molecule has 0 fully saturated rings. The van der Waals surface area contributed by atoms with Crippen LogP contribution in [0.25, 0.3) is 0 Å². The Kier molecular flexibility index (Phi) is 3.47. The number of benzene rings is 3. The van der Waals surface area contributed by atoms with E-state index in [0.717, 1.165) is 22.5 Å². The number of rotatable bonds is 2. The number of ether oxygens (including phenoxy) is 4. The van der Waals surface area contributed by atoms with Gasteiger partial charge in [-0.25, -0.2) is 0 Å². The highest BCUT2D eigenvalue weighted by Crippen LogP contribution is 2.47. The fraction of sp³-hybridized carbons (Fsp3) is 0.174. The highest BCUT2D eigenvalue weighted by molar-refractivity contribution is 6.12. The van der Waals surface area contributed by atoms with Crippen LogP contribution in [0.15, 0.2) is 60.7 Å². The summed E-state index contributed by atoms with van der Waals surface area (Å²) < 4.78 is 22.3. The lowest BCUT2D eigenvalue weighted by Crippen LogP contribution is -2.24. The molecule has 0 aromatic heterocycles. The number of hydrogen-bond acceptors (Lipinski definition) is 5. The zero-order valence-corrected chi connectivity index (χ0v) is 15.5. The van der Waals surface area contributed by atoms with Gasteiger partial charge in [-0.2, -0.15) is 0 Å². The largest absolute Gasteiger partial charge is 0.486 e. The zero-order chi connectivity index (χ0) is 19.4. The summed E-state index contributed by atoms with van der Waals surface area (Å²) >= 11 is 0. The number of carbonyl (C=O) groups is 1. The average Bonchev–Trinajstić information content (AvgIpc) is 3.34. The van der Waals surface area contributed by atoms with Crippen molar-refractivity contribution in [3.8, 4) is 23.0 Å². The van der Waals surface area contributed by atoms with E-state index < -0.39 is 5.92 Å². The summed E-state index contributed by atoms with van der Waals surface area (Å²) in [6.07, 6.45) is 0. The maximum absolute atomic E-state index is 13.6. The highest BCUT2D eigenvalue weighted by atomic mass is 16.7. The molecule has 29 heavy (non-hydrogen) atoms. The predicted octanol–water partition coefficient (Wildman–Crippen LogP) is 4.00. The van der Waals surface area contributed by atoms with Crippen molar-refractivity contribution in [2.24, 2.45) is 0 Å². The summed E-state index contributed by atoms with van der Waals surface area (Å²) in [5, 5.41) is 0. The van der Waals surface area contributed by atoms with E-state index in [4.69, 9.17) is 18.9 Å². The van der Waals surface area contributed by atoms with Gasteiger partial charge in [0.15, 0.2) is 23.0 Å². The average molecular weight is 387 g/mol. The van der Waals surface area contributed by atoms with Crippen LogP contribution in [0.4, 0.5) is 11.4 Å². The monoisotopic (exact) mass is 387 g/mol. The van der Waals surface area contributed by atoms with Gasteiger partial charge in [0.1, 0.15) is 13.2 Å². The van der Waals surface area contributed by atoms with Crippen molar-refractivity contribution in [2.75, 3.05) is 24.9 Å². The van der Waals surface area contributed by atoms with Crippen molar-refractivity contribution in [3.63, 3.8) is 0 Å². The van der Waals surface area contributed by atoms with Crippen LogP contribution in [0, 0.1) is 0 Å². The molecule has 0 radical (unpaired) electrons. The number of nitrogens with zero attached hydrogens (tertiary/aromatic N) is 1. The van der Waals surface area contributed by atoms with Crippen LogP contribution < -0.4 is 23.8 Å². The Morgan fingerprint density at radius 3 is 2.41 bits per heavy atom. The van der Waals surface area contributed by atoms with Crippen LogP contribution >= 0.6 is 0 Å². The van der Waals surface area contributed by atoms with Crippen LogP contribution in [0.1, 0.15) is 17.0 Å². The third-order valence-electron chi connectivity index (χ3n) is 5.47. The Bertz CT molecular complexity index is 1140. The molecular formula is C23H17NO5. The number of fused-ring (bicyclic) bond motifs is 3. The van der Waals surface area contributed by atoms with Crippen molar-refractivity contribution in [1.82, 2.24) is 0 Å². The highest BCUT2D eigenvalue weighted by Gasteiger charge is 2.39. The molecule has 3 aromatic carbocycles. The van der Waals surface area contributed by atoms with Gasteiger partial charge in [-0.1, -0.05) is 24.3 Å². The molecule has 3 aliphatic rings. The second-order valence-corrected chi connectivity index (χ2v) is 7.11. The molecule has 3 aromatic rings. The molecule has 0 saturated heterocycles. The van der Waals surface area contributed by atoms with Crippen molar-refractivity contribution in [2.45, 2.75) is 5.92 Å². The second kappa shape index (κ2) is 6.17. The van der Waals surface area contributed by atoms with Crippen LogP contribution in [0.5, 0.6) is 23.0 Å². The Hall–Kier alpha value is -3.67. The van der Waals surface area contributed by atoms with E-state index in [0.29, 0.717) is 36.2 Å². The molecule has 0 N–H and O–H groups in total. The molecule has 0 spiro atoms. The van der Waals surface area contributed by atoms with E-state index >= 15 is 0 Å². The summed E-state index contributed by atoms with van der Waals surface area (Å²) in [5.41, 5.74) is 3.48. The van der Waals surface area contributed by atoms with Gasteiger partial charge in [0.2, 0.25) is 12.7 Å². The van der Waals surface area contributed by atoms with Gasteiger partial charge in [-0.05, 0) is 41.5 Å². The van der Waals surface area contributed by atoms with Crippen molar-refractivity contribution in [3.05, 3.63) is 71.8 Å². The topological polar surface area (TPSA) is 57.2 Å². The maximum Gasteiger partial charge on any atom is 0.243 e. The minimum absolute atomic E-state index is 0.0123. The maximum atomic E-state index is 13.6. The minimum atomic E-state index is -0.408. The molecule has 1 amide bonds. The van der Waals surface area contributed by atoms with Crippen LogP contribution in [0.3, 0.4) is 0 Å². The summed E-state index contributed by atoms with van der Waals surface area (Å²) in [5.74, 6) is 2.31. The van der Waals surface area contributed by atoms with Gasteiger partial charge in [0, 0.05) is 6.07 Å². The first-order chi connectivity index (χ1) is 14.3. The lowest BCUT2D eigenvalue weighted by molar-refractivity contribution is -0.117. The number of hydrogen-bond donors (Lipinski definition) is 0. The summed E-state index contributed by atoms with van der Waals surface area (Å²) in [4.78, 5) is 15.4. The minimum Gasteiger partial charge on any atom is -0.486 e. The fourth-order valence-electron chi connectivity index (χ4n) is 4.17. The second-order valence-electron chi connectivity index (χ2n) is 7.11. The van der Waals surface area contributed by atoms with E-state index in [1.807, 2.05) is 60.7 Å². The molecule has 1 unspecified atom stereocenters. The Labute approximate surface area is 167 Å². The van der Waals surface area contributed by atoms with E-state index in [2.05, 4.69) is 0 Å².